The summed E-state index contributed by atoms with van der Waals surface area (Å²) in [5, 5.41) is 2.68. The van der Waals surface area contributed by atoms with Gasteiger partial charge in [-0.3, -0.25) is 4.79 Å². The molecule has 0 bridgehead atoms. The highest BCUT2D eigenvalue weighted by Gasteiger charge is 2.05. The lowest BCUT2D eigenvalue weighted by atomic mass is 10.3. The summed E-state index contributed by atoms with van der Waals surface area (Å²) in [5.74, 6) is -0.00436. The number of hydrogen-bond donors (Lipinski definition) is 1. The third-order valence-electron chi connectivity index (χ3n) is 3.49. The van der Waals surface area contributed by atoms with E-state index in [0.717, 1.165) is 5.56 Å². The molecule has 0 aliphatic heterocycles. The van der Waals surface area contributed by atoms with E-state index in [9.17, 15) is 13.6 Å². The van der Waals surface area contributed by atoms with Crippen molar-refractivity contribution >= 4 is 5.91 Å². The van der Waals surface area contributed by atoms with Gasteiger partial charge < -0.3 is 14.8 Å². The molecular formula is C20H16F2N2O3. The topological polar surface area (TPSA) is 60.5 Å². The maximum Gasteiger partial charge on any atom is 0.258 e. The van der Waals surface area contributed by atoms with Crippen LogP contribution in [0.5, 0.6) is 17.4 Å². The maximum absolute atomic E-state index is 13.0. The molecule has 0 saturated heterocycles. The van der Waals surface area contributed by atoms with Crippen molar-refractivity contribution in [3.05, 3.63) is 84.1 Å². The molecule has 0 unspecified atom stereocenters. The smallest absolute Gasteiger partial charge is 0.258 e. The summed E-state index contributed by atoms with van der Waals surface area (Å²) in [4.78, 5) is 15.9. The molecule has 138 valence electrons. The van der Waals surface area contributed by atoms with Crippen molar-refractivity contribution in [2.75, 3.05) is 6.61 Å². The van der Waals surface area contributed by atoms with E-state index in [1.807, 2.05) is 0 Å². The van der Waals surface area contributed by atoms with Crippen molar-refractivity contribution in [2.24, 2.45) is 0 Å². The van der Waals surface area contributed by atoms with Crippen LogP contribution in [0.2, 0.25) is 0 Å². The highest BCUT2D eigenvalue weighted by Crippen LogP contribution is 2.19. The van der Waals surface area contributed by atoms with Crippen molar-refractivity contribution < 1.29 is 23.0 Å². The van der Waals surface area contributed by atoms with Gasteiger partial charge in [0.05, 0.1) is 0 Å². The average Bonchev–Trinajstić information content (AvgIpc) is 2.68. The van der Waals surface area contributed by atoms with Crippen LogP contribution >= 0.6 is 0 Å². The number of amides is 1. The van der Waals surface area contributed by atoms with Crippen LogP contribution in [0.3, 0.4) is 0 Å². The van der Waals surface area contributed by atoms with Crippen LogP contribution in [0.4, 0.5) is 8.78 Å². The summed E-state index contributed by atoms with van der Waals surface area (Å²) in [6.45, 7) is 0.0395. The van der Waals surface area contributed by atoms with E-state index in [0.29, 0.717) is 11.6 Å². The van der Waals surface area contributed by atoms with E-state index in [-0.39, 0.29) is 30.6 Å². The van der Waals surface area contributed by atoms with Crippen molar-refractivity contribution in [1.29, 1.82) is 0 Å². The number of ether oxygens (including phenoxy) is 2. The number of rotatable bonds is 7. The van der Waals surface area contributed by atoms with Crippen LogP contribution in [0.25, 0.3) is 0 Å². The second-order valence-electron chi connectivity index (χ2n) is 5.58. The Morgan fingerprint density at radius 3 is 2.48 bits per heavy atom. The number of aromatic nitrogens is 1. The molecule has 0 radical (unpaired) electrons. The first-order valence-electron chi connectivity index (χ1n) is 8.12. The van der Waals surface area contributed by atoms with Gasteiger partial charge in [0.2, 0.25) is 5.88 Å². The van der Waals surface area contributed by atoms with Crippen molar-refractivity contribution in [1.82, 2.24) is 10.3 Å². The van der Waals surface area contributed by atoms with Gasteiger partial charge >= 0.3 is 0 Å². The van der Waals surface area contributed by atoms with Crippen LogP contribution in [-0.4, -0.2) is 17.5 Å². The molecule has 0 aliphatic rings. The van der Waals surface area contributed by atoms with Gasteiger partial charge in [-0.2, -0.15) is 0 Å². The number of nitrogens with zero attached hydrogens (tertiary/aromatic N) is 1. The van der Waals surface area contributed by atoms with Crippen LogP contribution in [-0.2, 0) is 11.3 Å². The molecule has 5 nitrogen and oxygen atoms in total. The quantitative estimate of drug-likeness (QED) is 0.686. The minimum Gasteiger partial charge on any atom is -0.484 e. The molecule has 2 aromatic carbocycles. The minimum atomic E-state index is -0.429. The molecule has 0 atom stereocenters. The normalized spacial score (nSPS) is 10.3. The number of hydrogen-bond acceptors (Lipinski definition) is 4. The molecule has 1 heterocycles. The Hall–Kier alpha value is -3.48. The lowest BCUT2D eigenvalue weighted by Crippen LogP contribution is -2.28. The van der Waals surface area contributed by atoms with Crippen molar-refractivity contribution in [3.63, 3.8) is 0 Å². The zero-order valence-corrected chi connectivity index (χ0v) is 14.2. The molecule has 1 N–H and O–H groups in total. The number of carbonyl (C=O) groups excluding carboxylic acids is 1. The number of carbonyl (C=O) groups is 1. The zero-order valence-electron chi connectivity index (χ0n) is 14.2. The standard InChI is InChI=1S/C20H16F2N2O3/c21-15-5-7-17(8-6-15)27-20-9-4-14(12-24-20)11-23-19(25)13-26-18-3-1-2-16(22)10-18/h1-10,12H,11,13H2,(H,23,25). The molecule has 0 aliphatic carbocycles. The third-order valence-corrected chi connectivity index (χ3v) is 3.49. The Balaban J connectivity index is 1.45. The maximum atomic E-state index is 13.0. The van der Waals surface area contributed by atoms with Crippen LogP contribution in [0.15, 0.2) is 66.9 Å². The first kappa shape index (κ1) is 18.3. The fraction of sp³-hybridized carbons (Fsp3) is 0.100. The predicted octanol–water partition coefficient (Wildman–Crippen LogP) is 3.85. The van der Waals surface area contributed by atoms with Gasteiger partial charge in [-0.05, 0) is 42.0 Å². The Morgan fingerprint density at radius 2 is 1.78 bits per heavy atom. The fourth-order valence-electron chi connectivity index (χ4n) is 2.16. The molecule has 1 aromatic heterocycles. The van der Waals surface area contributed by atoms with Gasteiger partial charge in [0, 0.05) is 24.9 Å². The average molecular weight is 370 g/mol. The third kappa shape index (κ3) is 5.78. The highest BCUT2D eigenvalue weighted by atomic mass is 19.1. The van der Waals surface area contributed by atoms with Gasteiger partial charge in [-0.1, -0.05) is 12.1 Å². The molecule has 7 heteroatoms. The van der Waals surface area contributed by atoms with Crippen LogP contribution < -0.4 is 14.8 Å². The SMILES string of the molecule is O=C(COc1cccc(F)c1)NCc1ccc(Oc2ccc(F)cc2)nc1. The molecule has 3 aromatic rings. The summed E-state index contributed by atoms with van der Waals surface area (Å²) in [6.07, 6.45) is 1.56. The summed E-state index contributed by atoms with van der Waals surface area (Å²) >= 11 is 0. The number of benzene rings is 2. The summed E-state index contributed by atoms with van der Waals surface area (Å²) in [7, 11) is 0. The van der Waals surface area contributed by atoms with E-state index in [1.165, 1.54) is 42.5 Å². The molecule has 0 saturated carbocycles. The minimum absolute atomic E-state index is 0.220. The number of pyridine rings is 1. The second kappa shape index (κ2) is 8.75. The summed E-state index contributed by atoms with van der Waals surface area (Å²) in [6, 6.07) is 14.6. The fourth-order valence-corrected chi connectivity index (χ4v) is 2.16. The zero-order chi connectivity index (χ0) is 19.1. The van der Waals surface area contributed by atoms with E-state index in [2.05, 4.69) is 10.3 Å². The number of nitrogens with one attached hydrogen (secondary N) is 1. The van der Waals surface area contributed by atoms with Gasteiger partial charge in [-0.15, -0.1) is 0 Å². The van der Waals surface area contributed by atoms with Gasteiger partial charge in [-0.25, -0.2) is 13.8 Å². The van der Waals surface area contributed by atoms with E-state index in [1.54, 1.807) is 24.4 Å². The van der Waals surface area contributed by atoms with E-state index >= 15 is 0 Å². The highest BCUT2D eigenvalue weighted by molar-refractivity contribution is 5.77. The summed E-state index contributed by atoms with van der Waals surface area (Å²) < 4.78 is 36.6. The van der Waals surface area contributed by atoms with Gasteiger partial charge in [0.1, 0.15) is 23.1 Å². The second-order valence-corrected chi connectivity index (χ2v) is 5.58. The molecule has 0 fully saturated rings. The molecule has 3 rings (SSSR count). The lowest BCUT2D eigenvalue weighted by molar-refractivity contribution is -0.123. The molecule has 27 heavy (non-hydrogen) atoms. The monoisotopic (exact) mass is 370 g/mol. The first-order valence-corrected chi connectivity index (χ1v) is 8.12. The predicted molar refractivity (Wildman–Crippen MR) is 94.5 cm³/mol. The largest absolute Gasteiger partial charge is 0.484 e. The lowest BCUT2D eigenvalue weighted by Gasteiger charge is -2.08. The van der Waals surface area contributed by atoms with Crippen molar-refractivity contribution in [3.8, 4) is 17.4 Å². The molecular weight excluding hydrogens is 354 g/mol. The van der Waals surface area contributed by atoms with Crippen LogP contribution in [0, 0.1) is 11.6 Å². The summed E-state index contributed by atoms with van der Waals surface area (Å²) in [5.41, 5.74) is 0.764. The molecule has 1 amide bonds. The van der Waals surface area contributed by atoms with Gasteiger partial charge in [0.15, 0.2) is 6.61 Å². The van der Waals surface area contributed by atoms with Gasteiger partial charge in [0.25, 0.3) is 5.91 Å². The van der Waals surface area contributed by atoms with Crippen molar-refractivity contribution in [2.45, 2.75) is 6.54 Å². The Labute approximate surface area is 154 Å². The molecule has 0 spiro atoms. The van der Waals surface area contributed by atoms with E-state index in [4.69, 9.17) is 9.47 Å². The Bertz CT molecular complexity index is 900. The first-order chi connectivity index (χ1) is 13.1. The Morgan fingerprint density at radius 1 is 0.963 bits per heavy atom. The van der Waals surface area contributed by atoms with E-state index < -0.39 is 5.82 Å². The number of halogens is 2. The van der Waals surface area contributed by atoms with Crippen LogP contribution in [0.1, 0.15) is 5.56 Å². The Kier molecular flexibility index (Phi) is 5.94.